The Balaban J connectivity index is 1.96. The lowest BCUT2D eigenvalue weighted by molar-refractivity contribution is -0.115. The molecule has 0 bridgehead atoms. The minimum absolute atomic E-state index is 0.0953. The van der Waals surface area contributed by atoms with Gasteiger partial charge in [-0.15, -0.1) is 0 Å². The largest absolute Gasteiger partial charge is 0.343 e. The topological polar surface area (TPSA) is 95.6 Å². The normalized spacial score (nSPS) is 11.3. The second kappa shape index (κ2) is 8.79. The summed E-state index contributed by atoms with van der Waals surface area (Å²) < 4.78 is 25.2. The first-order valence-electron chi connectivity index (χ1n) is 8.44. The zero-order chi connectivity index (χ0) is 20.0. The molecule has 0 saturated heterocycles. The van der Waals surface area contributed by atoms with Gasteiger partial charge < -0.3 is 10.6 Å². The summed E-state index contributed by atoms with van der Waals surface area (Å²) >= 11 is 0. The Morgan fingerprint density at radius 3 is 2.22 bits per heavy atom. The lowest BCUT2D eigenvalue weighted by atomic mass is 10.1. The van der Waals surface area contributed by atoms with E-state index in [4.69, 9.17) is 0 Å². The third kappa shape index (κ3) is 5.15. The zero-order valence-corrected chi connectivity index (χ0v) is 16.3. The van der Waals surface area contributed by atoms with Crippen LogP contribution in [0.25, 0.3) is 0 Å². The fraction of sp³-hybridized carbons (Fsp3) is 0.263. The quantitative estimate of drug-likeness (QED) is 0.756. The summed E-state index contributed by atoms with van der Waals surface area (Å²) in [4.78, 5) is 24.3. The Kier molecular flexibility index (Phi) is 6.70. The number of para-hydroxylation sites is 1. The molecule has 2 rings (SSSR count). The molecule has 0 spiro atoms. The molecule has 0 saturated carbocycles. The molecule has 0 aliphatic heterocycles. The number of sulfonamides is 1. The van der Waals surface area contributed by atoms with Crippen molar-refractivity contribution >= 4 is 27.5 Å². The Morgan fingerprint density at radius 1 is 1.00 bits per heavy atom. The number of amides is 2. The summed E-state index contributed by atoms with van der Waals surface area (Å²) in [5, 5.41) is 5.30. The molecule has 2 aromatic carbocycles. The van der Waals surface area contributed by atoms with Crippen LogP contribution in [0.2, 0.25) is 0 Å². The van der Waals surface area contributed by atoms with Gasteiger partial charge in [-0.25, -0.2) is 12.7 Å². The monoisotopic (exact) mass is 389 g/mol. The minimum Gasteiger partial charge on any atom is -0.343 e. The van der Waals surface area contributed by atoms with Gasteiger partial charge in [-0.3, -0.25) is 9.59 Å². The molecule has 0 radical (unpaired) electrons. The molecular formula is C19H23N3O4S. The molecule has 27 heavy (non-hydrogen) atoms. The van der Waals surface area contributed by atoms with Crippen molar-refractivity contribution < 1.29 is 18.0 Å². The van der Waals surface area contributed by atoms with Crippen molar-refractivity contribution in [2.45, 2.75) is 18.2 Å². The van der Waals surface area contributed by atoms with Crippen molar-refractivity contribution in [2.75, 3.05) is 26.0 Å². The summed E-state index contributed by atoms with van der Waals surface area (Å²) in [6.45, 7) is 1.81. The number of anilines is 1. The molecule has 0 unspecified atom stereocenters. The van der Waals surface area contributed by atoms with Gasteiger partial charge in [0.25, 0.3) is 5.91 Å². The molecule has 0 fully saturated rings. The van der Waals surface area contributed by atoms with Gasteiger partial charge in [0.1, 0.15) is 0 Å². The van der Waals surface area contributed by atoms with Crippen molar-refractivity contribution in [3.63, 3.8) is 0 Å². The molecule has 0 aliphatic carbocycles. The van der Waals surface area contributed by atoms with Crippen LogP contribution in [0, 0.1) is 0 Å². The molecule has 8 heteroatoms. The SMILES string of the molecule is CCc1ccccc1NC(=O)CNC(=O)c1ccc(S(=O)(=O)N(C)C)cc1. The van der Waals surface area contributed by atoms with E-state index in [9.17, 15) is 18.0 Å². The number of aryl methyl sites for hydroxylation is 1. The van der Waals surface area contributed by atoms with Gasteiger partial charge >= 0.3 is 0 Å². The Morgan fingerprint density at radius 2 is 1.63 bits per heavy atom. The van der Waals surface area contributed by atoms with Crippen molar-refractivity contribution in [1.29, 1.82) is 0 Å². The molecule has 0 aliphatic rings. The molecule has 2 aromatic rings. The summed E-state index contributed by atoms with van der Waals surface area (Å²) in [6.07, 6.45) is 0.783. The zero-order valence-electron chi connectivity index (χ0n) is 15.5. The number of benzene rings is 2. The first kappa shape index (κ1) is 20.6. The fourth-order valence-electron chi connectivity index (χ4n) is 2.40. The maximum atomic E-state index is 12.2. The van der Waals surface area contributed by atoms with E-state index in [1.807, 2.05) is 31.2 Å². The van der Waals surface area contributed by atoms with Gasteiger partial charge in [-0.1, -0.05) is 25.1 Å². The standard InChI is InChI=1S/C19H23N3O4S/c1-4-14-7-5-6-8-17(14)21-18(23)13-20-19(24)15-9-11-16(12-10-15)27(25,26)22(2)3/h5-12H,4,13H2,1-3H3,(H,20,24)(H,21,23). The molecule has 0 heterocycles. The van der Waals surface area contributed by atoms with Gasteiger partial charge in [0.15, 0.2) is 0 Å². The predicted octanol–water partition coefficient (Wildman–Crippen LogP) is 1.87. The number of nitrogens with one attached hydrogen (secondary N) is 2. The van der Waals surface area contributed by atoms with Gasteiger partial charge in [-0.2, -0.15) is 0 Å². The first-order valence-corrected chi connectivity index (χ1v) is 9.88. The summed E-state index contributed by atoms with van der Waals surface area (Å²) in [5.41, 5.74) is 2.00. The van der Waals surface area contributed by atoms with E-state index >= 15 is 0 Å². The number of hydrogen-bond acceptors (Lipinski definition) is 4. The number of carbonyl (C=O) groups excluding carboxylic acids is 2. The van der Waals surface area contributed by atoms with E-state index in [0.29, 0.717) is 0 Å². The Hall–Kier alpha value is -2.71. The highest BCUT2D eigenvalue weighted by molar-refractivity contribution is 7.89. The Labute approximate surface area is 159 Å². The number of carbonyl (C=O) groups is 2. The van der Waals surface area contributed by atoms with E-state index in [1.54, 1.807) is 0 Å². The first-order chi connectivity index (χ1) is 12.8. The smallest absolute Gasteiger partial charge is 0.251 e. The van der Waals surface area contributed by atoms with E-state index in [2.05, 4.69) is 10.6 Å². The predicted molar refractivity (Wildman–Crippen MR) is 104 cm³/mol. The number of hydrogen-bond donors (Lipinski definition) is 2. The highest BCUT2D eigenvalue weighted by Gasteiger charge is 2.17. The lowest BCUT2D eigenvalue weighted by Crippen LogP contribution is -2.33. The van der Waals surface area contributed by atoms with Crippen LogP contribution in [-0.4, -0.2) is 45.2 Å². The molecule has 2 N–H and O–H groups in total. The molecule has 144 valence electrons. The number of nitrogens with zero attached hydrogens (tertiary/aromatic N) is 1. The lowest BCUT2D eigenvalue weighted by Gasteiger charge is -2.12. The van der Waals surface area contributed by atoms with Crippen LogP contribution in [0.15, 0.2) is 53.4 Å². The van der Waals surface area contributed by atoms with Crippen molar-refractivity contribution in [1.82, 2.24) is 9.62 Å². The highest BCUT2D eigenvalue weighted by atomic mass is 32.2. The van der Waals surface area contributed by atoms with Crippen LogP contribution in [0.5, 0.6) is 0 Å². The van der Waals surface area contributed by atoms with Crippen LogP contribution in [0.4, 0.5) is 5.69 Å². The van der Waals surface area contributed by atoms with Crippen LogP contribution in [-0.2, 0) is 21.2 Å². The van der Waals surface area contributed by atoms with Crippen LogP contribution in [0.1, 0.15) is 22.8 Å². The highest BCUT2D eigenvalue weighted by Crippen LogP contribution is 2.15. The number of rotatable bonds is 7. The summed E-state index contributed by atoms with van der Waals surface area (Å²) in [5.74, 6) is -0.793. The van der Waals surface area contributed by atoms with Gasteiger partial charge in [-0.05, 0) is 42.3 Å². The van der Waals surface area contributed by atoms with Crippen molar-refractivity contribution in [3.8, 4) is 0 Å². The van der Waals surface area contributed by atoms with Crippen molar-refractivity contribution in [3.05, 3.63) is 59.7 Å². The maximum Gasteiger partial charge on any atom is 0.251 e. The van der Waals surface area contributed by atoms with E-state index in [-0.39, 0.29) is 22.9 Å². The van der Waals surface area contributed by atoms with Crippen LogP contribution < -0.4 is 10.6 Å². The van der Waals surface area contributed by atoms with E-state index in [1.165, 1.54) is 38.4 Å². The average molecular weight is 389 g/mol. The molecule has 7 nitrogen and oxygen atoms in total. The maximum absolute atomic E-state index is 12.2. The van der Waals surface area contributed by atoms with Crippen LogP contribution in [0.3, 0.4) is 0 Å². The van der Waals surface area contributed by atoms with Gasteiger partial charge in [0.2, 0.25) is 15.9 Å². The third-order valence-electron chi connectivity index (χ3n) is 3.98. The molecule has 0 aromatic heterocycles. The fourth-order valence-corrected chi connectivity index (χ4v) is 3.30. The molecule has 2 amide bonds. The van der Waals surface area contributed by atoms with Crippen LogP contribution >= 0.6 is 0 Å². The van der Waals surface area contributed by atoms with Gasteiger partial charge in [0, 0.05) is 25.3 Å². The van der Waals surface area contributed by atoms with Crippen molar-refractivity contribution in [2.24, 2.45) is 0 Å². The van der Waals surface area contributed by atoms with E-state index in [0.717, 1.165) is 22.0 Å². The minimum atomic E-state index is -3.55. The second-order valence-electron chi connectivity index (χ2n) is 6.05. The summed E-state index contributed by atoms with van der Waals surface area (Å²) in [6, 6.07) is 13.0. The average Bonchev–Trinajstić information content (AvgIpc) is 2.66. The third-order valence-corrected chi connectivity index (χ3v) is 5.81. The van der Waals surface area contributed by atoms with Gasteiger partial charge in [0.05, 0.1) is 11.4 Å². The molecular weight excluding hydrogens is 366 g/mol. The molecule has 0 atom stereocenters. The second-order valence-corrected chi connectivity index (χ2v) is 8.21. The Bertz CT molecular complexity index is 922. The summed E-state index contributed by atoms with van der Waals surface area (Å²) in [7, 11) is -0.677. The van der Waals surface area contributed by atoms with E-state index < -0.39 is 15.9 Å².